The van der Waals surface area contributed by atoms with Gasteiger partial charge in [-0.05, 0) is 45.6 Å². The molecule has 1 unspecified atom stereocenters. The lowest BCUT2D eigenvalue weighted by molar-refractivity contribution is 0.0882. The second-order valence-electron chi connectivity index (χ2n) is 5.46. The van der Waals surface area contributed by atoms with Crippen LogP contribution in [0, 0.1) is 5.92 Å². The molecule has 4 nitrogen and oxygen atoms in total. The highest BCUT2D eigenvalue weighted by Gasteiger charge is 2.44. The van der Waals surface area contributed by atoms with Crippen molar-refractivity contribution in [2.24, 2.45) is 11.7 Å². The summed E-state index contributed by atoms with van der Waals surface area (Å²) in [7, 11) is 0. The average molecular weight is 248 g/mol. The van der Waals surface area contributed by atoms with Gasteiger partial charge in [-0.1, -0.05) is 0 Å². The third-order valence-corrected chi connectivity index (χ3v) is 3.26. The Bertz CT molecular complexity index is 451. The summed E-state index contributed by atoms with van der Waals surface area (Å²) in [5, 5.41) is 0. The van der Waals surface area contributed by atoms with Crippen molar-refractivity contribution in [3.63, 3.8) is 0 Å². The van der Waals surface area contributed by atoms with Gasteiger partial charge in [-0.15, -0.1) is 0 Å². The third kappa shape index (κ3) is 2.70. The lowest BCUT2D eigenvalue weighted by atomic mass is 9.88. The van der Waals surface area contributed by atoms with Crippen molar-refractivity contribution in [2.45, 2.75) is 45.3 Å². The van der Waals surface area contributed by atoms with Crippen molar-refractivity contribution < 1.29 is 9.53 Å². The topological polar surface area (TPSA) is 65.2 Å². The predicted octanol–water partition coefficient (Wildman–Crippen LogP) is 2.18. The maximum Gasteiger partial charge on any atom is 0.184 e. The van der Waals surface area contributed by atoms with E-state index in [1.54, 1.807) is 18.5 Å². The van der Waals surface area contributed by atoms with Gasteiger partial charge in [-0.3, -0.25) is 9.78 Å². The fourth-order valence-electron chi connectivity index (χ4n) is 2.06. The largest absolute Gasteiger partial charge is 0.489 e. The molecule has 1 saturated carbocycles. The average Bonchev–Trinajstić information content (AvgIpc) is 3.11. The number of carbonyl (C=O) groups is 1. The first kappa shape index (κ1) is 13.0. The molecule has 1 aromatic heterocycles. The Kier molecular flexibility index (Phi) is 3.39. The maximum absolute atomic E-state index is 12.4. The molecular weight excluding hydrogens is 228 g/mol. The Morgan fingerprint density at radius 2 is 2.17 bits per heavy atom. The number of aromatic nitrogens is 1. The number of Topliss-reactive ketones (excluding diaryl/α,β-unsaturated/α-hetero) is 1. The minimum atomic E-state index is -0.780. The van der Waals surface area contributed by atoms with Gasteiger partial charge in [-0.25, -0.2) is 0 Å². The number of nitrogens with zero attached hydrogens (tertiary/aromatic N) is 1. The van der Waals surface area contributed by atoms with Gasteiger partial charge in [0.2, 0.25) is 0 Å². The lowest BCUT2D eigenvalue weighted by Gasteiger charge is -2.22. The minimum Gasteiger partial charge on any atom is -0.489 e. The molecule has 0 amide bonds. The van der Waals surface area contributed by atoms with Gasteiger partial charge >= 0.3 is 0 Å². The summed E-state index contributed by atoms with van der Waals surface area (Å²) in [6.07, 6.45) is 5.30. The van der Waals surface area contributed by atoms with Crippen molar-refractivity contribution in [3.8, 4) is 5.75 Å². The van der Waals surface area contributed by atoms with E-state index in [9.17, 15) is 4.79 Å². The predicted molar refractivity (Wildman–Crippen MR) is 69.6 cm³/mol. The van der Waals surface area contributed by atoms with Gasteiger partial charge in [0, 0.05) is 11.8 Å². The SMILES string of the molecule is CC(C)Oc1cncc(C(=O)C(C)(N)C2CC2)c1. The molecule has 2 rings (SSSR count). The summed E-state index contributed by atoms with van der Waals surface area (Å²) in [5.41, 5.74) is 5.88. The number of nitrogens with two attached hydrogens (primary N) is 1. The molecular formula is C14H20N2O2. The van der Waals surface area contributed by atoms with Crippen LogP contribution in [-0.2, 0) is 0 Å². The monoisotopic (exact) mass is 248 g/mol. The van der Waals surface area contributed by atoms with Crippen molar-refractivity contribution in [2.75, 3.05) is 0 Å². The molecule has 4 heteroatoms. The first-order chi connectivity index (χ1) is 8.41. The van der Waals surface area contributed by atoms with Crippen LogP contribution in [-0.4, -0.2) is 22.4 Å². The minimum absolute atomic E-state index is 0.0493. The van der Waals surface area contributed by atoms with Gasteiger partial charge < -0.3 is 10.5 Å². The standard InChI is InChI=1S/C14H20N2O2/c1-9(2)18-12-6-10(7-16-8-12)13(17)14(3,15)11-4-5-11/h6-9,11H,4-5,15H2,1-3H3. The highest BCUT2D eigenvalue weighted by Crippen LogP contribution is 2.39. The molecule has 98 valence electrons. The van der Waals surface area contributed by atoms with Crippen LogP contribution < -0.4 is 10.5 Å². The summed E-state index contributed by atoms with van der Waals surface area (Å²) in [5.74, 6) is 0.869. The van der Waals surface area contributed by atoms with Gasteiger partial charge in [0.1, 0.15) is 5.75 Å². The van der Waals surface area contributed by atoms with Crippen LogP contribution in [0.4, 0.5) is 0 Å². The van der Waals surface area contributed by atoms with Gasteiger partial charge in [0.15, 0.2) is 5.78 Å². The molecule has 0 aromatic carbocycles. The van der Waals surface area contributed by atoms with Gasteiger partial charge in [0.25, 0.3) is 0 Å². The Hall–Kier alpha value is -1.42. The number of carbonyl (C=O) groups excluding carboxylic acids is 1. The summed E-state index contributed by atoms with van der Waals surface area (Å²) in [4.78, 5) is 16.4. The summed E-state index contributed by atoms with van der Waals surface area (Å²) >= 11 is 0. The van der Waals surface area contributed by atoms with E-state index < -0.39 is 5.54 Å². The van der Waals surface area contributed by atoms with E-state index in [0.717, 1.165) is 12.8 Å². The number of hydrogen-bond donors (Lipinski definition) is 1. The van der Waals surface area contributed by atoms with Crippen LogP contribution in [0.5, 0.6) is 5.75 Å². The first-order valence-electron chi connectivity index (χ1n) is 6.36. The maximum atomic E-state index is 12.4. The van der Waals surface area contributed by atoms with Crippen LogP contribution >= 0.6 is 0 Å². The second-order valence-corrected chi connectivity index (χ2v) is 5.46. The molecule has 1 atom stereocenters. The fraction of sp³-hybridized carbons (Fsp3) is 0.571. The molecule has 0 spiro atoms. The van der Waals surface area contributed by atoms with E-state index in [1.165, 1.54) is 0 Å². The molecule has 0 aliphatic heterocycles. The van der Waals surface area contributed by atoms with Gasteiger partial charge in [0.05, 0.1) is 17.8 Å². The summed E-state index contributed by atoms with van der Waals surface area (Å²) in [6.45, 7) is 5.68. The van der Waals surface area contributed by atoms with Crippen molar-refractivity contribution in [1.82, 2.24) is 4.98 Å². The first-order valence-corrected chi connectivity index (χ1v) is 6.36. The van der Waals surface area contributed by atoms with Crippen LogP contribution in [0.1, 0.15) is 44.0 Å². The molecule has 1 aromatic rings. The zero-order valence-electron chi connectivity index (χ0n) is 11.1. The molecule has 2 N–H and O–H groups in total. The quantitative estimate of drug-likeness (QED) is 0.811. The Balaban J connectivity index is 2.19. The molecule has 1 heterocycles. The Labute approximate surface area is 108 Å². The van der Waals surface area contributed by atoms with Crippen LogP contribution in [0.25, 0.3) is 0 Å². The summed E-state index contributed by atoms with van der Waals surface area (Å²) < 4.78 is 5.54. The molecule has 18 heavy (non-hydrogen) atoms. The van der Waals surface area contributed by atoms with E-state index in [-0.39, 0.29) is 11.9 Å². The number of ether oxygens (including phenoxy) is 1. The molecule has 0 radical (unpaired) electrons. The Morgan fingerprint density at radius 1 is 1.50 bits per heavy atom. The molecule has 1 aliphatic rings. The molecule has 0 saturated heterocycles. The van der Waals surface area contributed by atoms with E-state index in [4.69, 9.17) is 10.5 Å². The number of hydrogen-bond acceptors (Lipinski definition) is 4. The van der Waals surface area contributed by atoms with Crippen molar-refractivity contribution in [1.29, 1.82) is 0 Å². The number of ketones is 1. The molecule has 0 bridgehead atoms. The third-order valence-electron chi connectivity index (χ3n) is 3.26. The van der Waals surface area contributed by atoms with Crippen LogP contribution in [0.2, 0.25) is 0 Å². The summed E-state index contributed by atoms with van der Waals surface area (Å²) in [6, 6.07) is 1.73. The normalized spacial score (nSPS) is 18.5. The van der Waals surface area contributed by atoms with E-state index in [1.807, 2.05) is 20.8 Å². The zero-order valence-corrected chi connectivity index (χ0v) is 11.1. The lowest BCUT2D eigenvalue weighted by Crippen LogP contribution is -2.47. The van der Waals surface area contributed by atoms with Crippen molar-refractivity contribution >= 4 is 5.78 Å². The fourth-order valence-corrected chi connectivity index (χ4v) is 2.06. The highest BCUT2D eigenvalue weighted by molar-refractivity contribution is 6.03. The second kappa shape index (κ2) is 4.69. The zero-order chi connectivity index (χ0) is 13.3. The van der Waals surface area contributed by atoms with Crippen LogP contribution in [0.15, 0.2) is 18.5 Å². The van der Waals surface area contributed by atoms with E-state index in [2.05, 4.69) is 4.98 Å². The van der Waals surface area contributed by atoms with E-state index in [0.29, 0.717) is 17.2 Å². The Morgan fingerprint density at radius 3 is 2.72 bits per heavy atom. The number of pyridine rings is 1. The molecule has 1 aliphatic carbocycles. The van der Waals surface area contributed by atoms with Gasteiger partial charge in [-0.2, -0.15) is 0 Å². The van der Waals surface area contributed by atoms with Crippen LogP contribution in [0.3, 0.4) is 0 Å². The number of rotatable bonds is 5. The highest BCUT2D eigenvalue weighted by atomic mass is 16.5. The van der Waals surface area contributed by atoms with Crippen molar-refractivity contribution in [3.05, 3.63) is 24.0 Å². The molecule has 1 fully saturated rings. The smallest absolute Gasteiger partial charge is 0.184 e. The van der Waals surface area contributed by atoms with E-state index >= 15 is 0 Å².